The maximum absolute atomic E-state index is 9.08. The number of hydrogen-bond donors (Lipinski definition) is 5. The van der Waals surface area contributed by atoms with Gasteiger partial charge in [0.2, 0.25) is 0 Å². The van der Waals surface area contributed by atoms with E-state index in [-0.39, 0.29) is 57.3 Å². The summed E-state index contributed by atoms with van der Waals surface area (Å²) >= 11 is 0. The van der Waals surface area contributed by atoms with Gasteiger partial charge in [-0.05, 0) is 0 Å². The Kier molecular flexibility index (Phi) is 12.0. The molecule has 0 aromatic heterocycles. The number of nitrogens with zero attached hydrogens (tertiary/aromatic N) is 1. The summed E-state index contributed by atoms with van der Waals surface area (Å²) in [5, 5.41) is 44.7. The van der Waals surface area contributed by atoms with Crippen LogP contribution in [-0.2, 0) is 0 Å². The van der Waals surface area contributed by atoms with Gasteiger partial charge >= 0.3 is 29.6 Å². The molecule has 5 N–H and O–H groups in total. The van der Waals surface area contributed by atoms with E-state index in [1.54, 1.807) is 0 Å². The Bertz CT molecular complexity index is 136. The molecule has 6 nitrogen and oxygen atoms in total. The zero-order valence-corrected chi connectivity index (χ0v) is 11.1. The van der Waals surface area contributed by atoms with Gasteiger partial charge in [-0.25, -0.2) is 0 Å². The largest absolute Gasteiger partial charge is 1.00 e. The first kappa shape index (κ1) is 18.1. The van der Waals surface area contributed by atoms with Crippen LogP contribution in [0.5, 0.6) is 0 Å². The summed E-state index contributed by atoms with van der Waals surface area (Å²) < 4.78 is 0. The Hall–Kier alpha value is 0.760. The zero-order chi connectivity index (χ0) is 11.0. The van der Waals surface area contributed by atoms with Crippen molar-refractivity contribution in [3.05, 3.63) is 0 Å². The summed E-state index contributed by atoms with van der Waals surface area (Å²) in [6.45, 7) is -1.26. The standard InChI is InChI=1S/C8H19NO5.Na.H/c10-3-1-9(2-4-11)8(5-12,6-13)7-14;;/h10-14H,1-7H2;;/q;+1;-1. The Labute approximate surface area is 113 Å². The molecule has 0 amide bonds. The van der Waals surface area contributed by atoms with E-state index >= 15 is 0 Å². The monoisotopic (exact) mass is 233 g/mol. The minimum absolute atomic E-state index is 0. The summed E-state index contributed by atoms with van der Waals surface area (Å²) in [6.07, 6.45) is 0. The van der Waals surface area contributed by atoms with Crippen LogP contribution in [-0.4, -0.2) is 82.1 Å². The van der Waals surface area contributed by atoms with Crippen molar-refractivity contribution in [1.82, 2.24) is 4.90 Å². The van der Waals surface area contributed by atoms with Crippen molar-refractivity contribution < 1.29 is 56.5 Å². The molecule has 0 fully saturated rings. The molecule has 0 saturated carbocycles. The first-order chi connectivity index (χ1) is 6.70. The molecule has 0 aliphatic carbocycles. The molecular formula is C8H20NNaO5. The van der Waals surface area contributed by atoms with Crippen LogP contribution in [0.4, 0.5) is 0 Å². The normalized spacial score (nSPS) is 11.6. The van der Waals surface area contributed by atoms with Gasteiger partial charge in [-0.1, -0.05) is 0 Å². The van der Waals surface area contributed by atoms with Gasteiger partial charge in [-0.2, -0.15) is 0 Å². The third-order valence-corrected chi connectivity index (χ3v) is 2.29. The number of β-amino-alcohol motifs (C(OH)–C–C–N with tert-alkyl or cyclic N) is 2. The molecule has 0 aliphatic heterocycles. The second-order valence-electron chi connectivity index (χ2n) is 3.13. The van der Waals surface area contributed by atoms with Gasteiger partial charge in [-0.3, -0.25) is 4.90 Å². The van der Waals surface area contributed by atoms with Crippen LogP contribution < -0.4 is 29.6 Å². The van der Waals surface area contributed by atoms with Crippen molar-refractivity contribution in [2.24, 2.45) is 0 Å². The van der Waals surface area contributed by atoms with Crippen molar-refractivity contribution in [3.63, 3.8) is 0 Å². The van der Waals surface area contributed by atoms with Crippen LogP contribution in [0.25, 0.3) is 0 Å². The molecule has 0 spiro atoms. The van der Waals surface area contributed by atoms with Gasteiger partial charge in [0.05, 0.1) is 38.6 Å². The minimum Gasteiger partial charge on any atom is -1.00 e. The number of aliphatic hydroxyl groups excluding tert-OH is 5. The number of hydrogen-bond acceptors (Lipinski definition) is 6. The number of aliphatic hydroxyl groups is 5. The first-order valence-electron chi connectivity index (χ1n) is 4.50. The van der Waals surface area contributed by atoms with E-state index in [0.717, 1.165) is 0 Å². The molecular weight excluding hydrogens is 213 g/mol. The molecule has 7 heteroatoms. The van der Waals surface area contributed by atoms with Crippen LogP contribution >= 0.6 is 0 Å². The predicted molar refractivity (Wildman–Crippen MR) is 50.8 cm³/mol. The van der Waals surface area contributed by atoms with E-state index in [1.165, 1.54) is 4.90 Å². The van der Waals surface area contributed by atoms with E-state index in [0.29, 0.717) is 0 Å². The summed E-state index contributed by atoms with van der Waals surface area (Å²) in [6, 6.07) is 0. The van der Waals surface area contributed by atoms with Gasteiger partial charge in [-0.15, -0.1) is 0 Å². The average Bonchev–Trinajstić information content (AvgIpc) is 2.22. The van der Waals surface area contributed by atoms with Crippen LogP contribution in [0.2, 0.25) is 0 Å². The molecule has 0 radical (unpaired) electrons. The second-order valence-corrected chi connectivity index (χ2v) is 3.13. The fraction of sp³-hybridized carbons (Fsp3) is 1.00. The minimum atomic E-state index is -1.18. The topological polar surface area (TPSA) is 104 Å². The van der Waals surface area contributed by atoms with Crippen molar-refractivity contribution in [2.75, 3.05) is 46.1 Å². The maximum Gasteiger partial charge on any atom is 1.00 e. The summed E-state index contributed by atoms with van der Waals surface area (Å²) in [7, 11) is 0. The van der Waals surface area contributed by atoms with E-state index in [2.05, 4.69) is 0 Å². The van der Waals surface area contributed by atoms with Gasteiger partial charge < -0.3 is 27.0 Å². The molecule has 0 unspecified atom stereocenters. The van der Waals surface area contributed by atoms with E-state index in [9.17, 15) is 0 Å². The second kappa shape index (κ2) is 9.95. The third-order valence-electron chi connectivity index (χ3n) is 2.29. The average molecular weight is 233 g/mol. The fourth-order valence-corrected chi connectivity index (χ4v) is 1.28. The van der Waals surface area contributed by atoms with Gasteiger partial charge in [0, 0.05) is 13.1 Å². The summed E-state index contributed by atoms with van der Waals surface area (Å²) in [5.41, 5.74) is -1.18. The van der Waals surface area contributed by atoms with Gasteiger partial charge in [0.1, 0.15) is 0 Å². The SMILES string of the molecule is OCCN(CCO)C(CO)(CO)CO.[H-].[Na+]. The molecule has 0 rings (SSSR count). The fourth-order valence-electron chi connectivity index (χ4n) is 1.28. The van der Waals surface area contributed by atoms with Gasteiger partial charge in [0.15, 0.2) is 0 Å². The Morgan fingerprint density at radius 2 is 1.13 bits per heavy atom. The van der Waals surface area contributed by atoms with Crippen molar-refractivity contribution in [1.29, 1.82) is 0 Å². The Balaban J connectivity index is -0.000000845. The molecule has 88 valence electrons. The number of rotatable bonds is 8. The van der Waals surface area contributed by atoms with Crippen LogP contribution in [0, 0.1) is 0 Å². The zero-order valence-electron chi connectivity index (χ0n) is 10.1. The quantitative estimate of drug-likeness (QED) is 0.267. The van der Waals surface area contributed by atoms with E-state index in [4.69, 9.17) is 25.5 Å². The summed E-state index contributed by atoms with van der Waals surface area (Å²) in [4.78, 5) is 1.47. The van der Waals surface area contributed by atoms with E-state index in [1.807, 2.05) is 0 Å². The smallest absolute Gasteiger partial charge is 1.00 e. The Morgan fingerprint density at radius 3 is 1.33 bits per heavy atom. The van der Waals surface area contributed by atoms with Gasteiger partial charge in [0.25, 0.3) is 0 Å². The van der Waals surface area contributed by atoms with Crippen molar-refractivity contribution >= 4 is 0 Å². The summed E-state index contributed by atoms with van der Waals surface area (Å²) in [5.74, 6) is 0. The molecule has 0 saturated heterocycles. The molecule has 0 aromatic carbocycles. The first-order valence-corrected chi connectivity index (χ1v) is 4.50. The van der Waals surface area contributed by atoms with Crippen molar-refractivity contribution in [2.45, 2.75) is 5.54 Å². The van der Waals surface area contributed by atoms with Crippen LogP contribution in [0.3, 0.4) is 0 Å². The predicted octanol–water partition coefficient (Wildman–Crippen LogP) is -5.89. The molecule has 0 atom stereocenters. The third kappa shape index (κ3) is 5.08. The molecule has 15 heavy (non-hydrogen) atoms. The molecule has 0 aromatic rings. The molecule has 0 heterocycles. The van der Waals surface area contributed by atoms with Crippen LogP contribution in [0.1, 0.15) is 1.43 Å². The van der Waals surface area contributed by atoms with E-state index < -0.39 is 25.4 Å². The maximum atomic E-state index is 9.08. The Morgan fingerprint density at radius 1 is 0.800 bits per heavy atom. The van der Waals surface area contributed by atoms with Crippen molar-refractivity contribution in [3.8, 4) is 0 Å². The molecule has 0 bridgehead atoms. The van der Waals surface area contributed by atoms with Crippen LogP contribution in [0.15, 0.2) is 0 Å². The molecule has 0 aliphatic rings.